The Balaban J connectivity index is 1.25. The third kappa shape index (κ3) is 7.52. The van der Waals surface area contributed by atoms with E-state index in [0.29, 0.717) is 23.7 Å². The highest BCUT2D eigenvalue weighted by Crippen LogP contribution is 2.32. The van der Waals surface area contributed by atoms with E-state index in [1.165, 1.54) is 42.7 Å². The lowest BCUT2D eigenvalue weighted by Crippen LogP contribution is -2.34. The Hall–Kier alpha value is -3.37. The summed E-state index contributed by atoms with van der Waals surface area (Å²) in [5.41, 5.74) is 2.95. The van der Waals surface area contributed by atoms with E-state index in [1.54, 1.807) is 48.5 Å². The van der Waals surface area contributed by atoms with Crippen LogP contribution in [0.3, 0.4) is 0 Å². The van der Waals surface area contributed by atoms with Gasteiger partial charge in [-0.05, 0) is 104 Å². The monoisotopic (exact) mass is 667 g/mol. The van der Waals surface area contributed by atoms with Crippen LogP contribution in [0, 0.1) is 5.92 Å². The van der Waals surface area contributed by atoms with Crippen LogP contribution in [-0.2, 0) is 23.0 Å². The van der Waals surface area contributed by atoms with Crippen LogP contribution in [0.4, 0.5) is 5.69 Å². The second-order valence-electron chi connectivity index (χ2n) is 10.2. The van der Waals surface area contributed by atoms with Crippen molar-refractivity contribution in [2.75, 3.05) is 17.6 Å². The van der Waals surface area contributed by atoms with E-state index in [9.17, 15) is 13.2 Å². The molecule has 0 radical (unpaired) electrons. The van der Waals surface area contributed by atoms with Gasteiger partial charge in [-0.25, -0.2) is 0 Å². The first kappa shape index (κ1) is 30.1. The molecule has 1 aliphatic rings. The van der Waals surface area contributed by atoms with Crippen molar-refractivity contribution in [1.82, 2.24) is 10.6 Å². The van der Waals surface area contributed by atoms with Crippen molar-refractivity contribution >= 4 is 49.1 Å². The standard InChI is InChI=1S/C32H31BrClN3O4S/c33-27-12-15-31(30(34)21-27)41-37(28-4-2-1-3-5-28)42(39,40)29-13-10-26(11-14-29)32(38)36-22-25-8-6-23(7-9-25)20-24-16-18-35-19-17-24/h1-15,21,24,35H,16-20,22H2,(H,36,38). The zero-order chi connectivity index (χ0) is 29.5. The number of nitrogens with zero attached hydrogens (tertiary/aromatic N) is 1. The van der Waals surface area contributed by atoms with Gasteiger partial charge in [-0.15, -0.1) is 0 Å². The summed E-state index contributed by atoms with van der Waals surface area (Å²) < 4.78 is 29.0. The zero-order valence-electron chi connectivity index (χ0n) is 22.8. The summed E-state index contributed by atoms with van der Waals surface area (Å²) in [6.45, 7) is 2.54. The van der Waals surface area contributed by atoms with Crippen molar-refractivity contribution in [3.05, 3.63) is 123 Å². The molecule has 1 aliphatic heterocycles. The van der Waals surface area contributed by atoms with E-state index in [0.717, 1.165) is 34.0 Å². The van der Waals surface area contributed by atoms with Gasteiger partial charge in [0, 0.05) is 16.6 Å². The maximum absolute atomic E-state index is 13.7. The van der Waals surface area contributed by atoms with Gasteiger partial charge in [0.1, 0.15) is 0 Å². The SMILES string of the molecule is O=C(NCc1ccc(CC2CCNCC2)cc1)c1ccc(S(=O)(=O)N(Oc2ccc(Br)cc2Cl)c2ccccc2)cc1. The smallest absolute Gasteiger partial charge is 0.295 e. The van der Waals surface area contributed by atoms with Gasteiger partial charge in [-0.1, -0.05) is 74.5 Å². The quantitative estimate of drug-likeness (QED) is 0.182. The molecule has 5 rings (SSSR count). The van der Waals surface area contributed by atoms with Gasteiger partial charge in [0.15, 0.2) is 5.75 Å². The molecule has 0 aromatic heterocycles. The molecular weight excluding hydrogens is 638 g/mol. The fraction of sp³-hybridized carbons (Fsp3) is 0.219. The number of rotatable bonds is 10. The molecular formula is C32H31BrClN3O4S. The molecule has 218 valence electrons. The van der Waals surface area contributed by atoms with Gasteiger partial charge >= 0.3 is 0 Å². The van der Waals surface area contributed by atoms with Gasteiger partial charge in [-0.3, -0.25) is 4.79 Å². The summed E-state index contributed by atoms with van der Waals surface area (Å²) in [6.07, 6.45) is 3.48. The van der Waals surface area contributed by atoms with Crippen molar-refractivity contribution in [1.29, 1.82) is 0 Å². The Bertz CT molecular complexity index is 1610. The zero-order valence-corrected chi connectivity index (χ0v) is 26.0. The number of carbonyl (C=O) groups excluding carboxylic acids is 1. The number of hydrogen-bond donors (Lipinski definition) is 2. The number of hydrogen-bond acceptors (Lipinski definition) is 5. The Kier molecular flexibility index (Phi) is 9.84. The van der Waals surface area contributed by atoms with Gasteiger partial charge in [-0.2, -0.15) is 8.42 Å². The predicted molar refractivity (Wildman–Crippen MR) is 169 cm³/mol. The van der Waals surface area contributed by atoms with E-state index >= 15 is 0 Å². The minimum Gasteiger partial charge on any atom is -0.363 e. The number of piperidine rings is 1. The number of carbonyl (C=O) groups is 1. The highest BCUT2D eigenvalue weighted by atomic mass is 79.9. The minimum atomic E-state index is -4.19. The van der Waals surface area contributed by atoms with Crippen molar-refractivity contribution in [3.8, 4) is 5.75 Å². The molecule has 0 saturated carbocycles. The normalized spacial score (nSPS) is 13.9. The van der Waals surface area contributed by atoms with Crippen LogP contribution in [0.15, 0.2) is 106 Å². The fourth-order valence-electron chi connectivity index (χ4n) is 4.80. The topological polar surface area (TPSA) is 87.7 Å². The van der Waals surface area contributed by atoms with Gasteiger partial charge < -0.3 is 15.5 Å². The molecule has 0 spiro atoms. The Morgan fingerprint density at radius 3 is 2.26 bits per heavy atom. The molecule has 0 aliphatic carbocycles. The van der Waals surface area contributed by atoms with Crippen LogP contribution in [0.1, 0.15) is 34.3 Å². The lowest BCUT2D eigenvalue weighted by atomic mass is 9.91. The molecule has 42 heavy (non-hydrogen) atoms. The predicted octanol–water partition coefficient (Wildman–Crippen LogP) is 6.76. The van der Waals surface area contributed by atoms with E-state index in [1.807, 2.05) is 12.1 Å². The number of sulfonamides is 1. The largest absolute Gasteiger partial charge is 0.363 e. The lowest BCUT2D eigenvalue weighted by Gasteiger charge is -2.24. The third-order valence-corrected chi connectivity index (χ3v) is 9.51. The first-order valence-electron chi connectivity index (χ1n) is 13.7. The maximum atomic E-state index is 13.7. The average Bonchev–Trinajstić information content (AvgIpc) is 3.01. The summed E-state index contributed by atoms with van der Waals surface area (Å²) in [5, 5.41) is 6.56. The molecule has 0 unspecified atom stereocenters. The van der Waals surface area contributed by atoms with Crippen LogP contribution < -0.4 is 19.9 Å². The molecule has 0 atom stereocenters. The molecule has 4 aromatic carbocycles. The molecule has 4 aromatic rings. The van der Waals surface area contributed by atoms with E-state index in [-0.39, 0.29) is 21.6 Å². The summed E-state index contributed by atoms with van der Waals surface area (Å²) >= 11 is 9.65. The first-order chi connectivity index (χ1) is 20.3. The van der Waals surface area contributed by atoms with Crippen molar-refractivity contribution in [2.45, 2.75) is 30.7 Å². The van der Waals surface area contributed by atoms with Crippen molar-refractivity contribution in [3.63, 3.8) is 0 Å². The molecule has 7 nitrogen and oxygen atoms in total. The molecule has 2 N–H and O–H groups in total. The van der Waals surface area contributed by atoms with Gasteiger partial charge in [0.05, 0.1) is 15.6 Å². The number of para-hydroxylation sites is 1. The highest BCUT2D eigenvalue weighted by Gasteiger charge is 2.28. The number of halogens is 2. The van der Waals surface area contributed by atoms with Crippen LogP contribution in [0.25, 0.3) is 0 Å². The van der Waals surface area contributed by atoms with Crippen molar-refractivity contribution < 1.29 is 18.0 Å². The van der Waals surface area contributed by atoms with Crippen LogP contribution in [-0.4, -0.2) is 27.4 Å². The molecule has 1 amide bonds. The number of nitrogens with one attached hydrogen (secondary N) is 2. The molecule has 1 fully saturated rings. The Morgan fingerprint density at radius 1 is 0.929 bits per heavy atom. The van der Waals surface area contributed by atoms with Gasteiger partial charge in [0.2, 0.25) is 0 Å². The molecule has 1 saturated heterocycles. The summed E-state index contributed by atoms with van der Waals surface area (Å²) in [5.74, 6) is 0.589. The fourth-order valence-corrected chi connectivity index (χ4v) is 6.76. The number of amides is 1. The summed E-state index contributed by atoms with van der Waals surface area (Å²) in [7, 11) is -4.19. The Labute approximate surface area is 260 Å². The van der Waals surface area contributed by atoms with Crippen LogP contribution >= 0.6 is 27.5 Å². The number of benzene rings is 4. The first-order valence-corrected chi connectivity index (χ1v) is 16.3. The van der Waals surface area contributed by atoms with E-state index in [2.05, 4.69) is 38.7 Å². The average molecular weight is 669 g/mol. The third-order valence-electron chi connectivity index (χ3n) is 7.13. The van der Waals surface area contributed by atoms with Crippen LogP contribution in [0.5, 0.6) is 5.75 Å². The van der Waals surface area contributed by atoms with E-state index < -0.39 is 10.0 Å². The summed E-state index contributed by atoms with van der Waals surface area (Å²) in [6, 6.07) is 27.4. The Morgan fingerprint density at radius 2 is 1.60 bits per heavy atom. The highest BCUT2D eigenvalue weighted by molar-refractivity contribution is 9.10. The van der Waals surface area contributed by atoms with E-state index in [4.69, 9.17) is 16.4 Å². The molecule has 0 bridgehead atoms. The molecule has 10 heteroatoms. The van der Waals surface area contributed by atoms with Gasteiger partial charge in [0.25, 0.3) is 15.9 Å². The van der Waals surface area contributed by atoms with Crippen LogP contribution in [0.2, 0.25) is 5.02 Å². The second-order valence-corrected chi connectivity index (χ2v) is 13.2. The minimum absolute atomic E-state index is 0.0412. The summed E-state index contributed by atoms with van der Waals surface area (Å²) in [4.78, 5) is 18.6. The number of anilines is 1. The second kappa shape index (κ2) is 13.7. The lowest BCUT2D eigenvalue weighted by molar-refractivity contribution is 0.0951. The molecule has 1 heterocycles. The maximum Gasteiger partial charge on any atom is 0.295 e. The van der Waals surface area contributed by atoms with Crippen molar-refractivity contribution in [2.24, 2.45) is 5.92 Å².